The van der Waals surface area contributed by atoms with E-state index in [1.54, 1.807) is 0 Å². The van der Waals surface area contributed by atoms with Gasteiger partial charge in [-0.25, -0.2) is 4.99 Å². The van der Waals surface area contributed by atoms with Crippen LogP contribution in [0.25, 0.3) is 0 Å². The standard InChI is InChI=1S/C22H21BrClN3OS/c23-16-6-10-18(11-7-16)25-19(28)14-29-21-20(15-4-8-17(24)9-5-15)26-22(27-21)12-2-1-3-13-22/h4-11H,1-3,12-14H2,(H,25,28). The molecule has 1 spiro atoms. The molecule has 2 aromatic rings. The molecule has 2 aliphatic rings. The van der Waals surface area contributed by atoms with Crippen LogP contribution in [0.1, 0.15) is 37.7 Å². The van der Waals surface area contributed by atoms with Gasteiger partial charge in [-0.15, -0.1) is 0 Å². The quantitative estimate of drug-likeness (QED) is 0.544. The molecule has 1 N–H and O–H groups in total. The molecule has 1 saturated carbocycles. The van der Waals surface area contributed by atoms with Crippen LogP contribution in [0.2, 0.25) is 5.02 Å². The van der Waals surface area contributed by atoms with E-state index < -0.39 is 0 Å². The Bertz CT molecular complexity index is 951. The number of anilines is 1. The van der Waals surface area contributed by atoms with E-state index in [0.717, 1.165) is 52.2 Å². The lowest BCUT2D eigenvalue weighted by molar-refractivity contribution is -0.113. The van der Waals surface area contributed by atoms with E-state index in [9.17, 15) is 4.79 Å². The van der Waals surface area contributed by atoms with E-state index in [4.69, 9.17) is 21.6 Å². The van der Waals surface area contributed by atoms with Crippen molar-refractivity contribution in [3.63, 3.8) is 0 Å². The second-order valence-corrected chi connectivity index (χ2v) is 9.59. The third-order valence-corrected chi connectivity index (χ3v) is 6.82. The highest BCUT2D eigenvalue weighted by Gasteiger charge is 2.37. The summed E-state index contributed by atoms with van der Waals surface area (Å²) in [5, 5.41) is 4.47. The maximum absolute atomic E-state index is 12.5. The number of thioether (sulfide) groups is 1. The first-order valence-corrected chi connectivity index (χ1v) is 11.8. The SMILES string of the molecule is O=C(CSC1=NC2(CCCCC2)N=C1c1ccc(Cl)cc1)Nc1ccc(Br)cc1. The Labute approximate surface area is 188 Å². The molecule has 1 aliphatic heterocycles. The summed E-state index contributed by atoms with van der Waals surface area (Å²) in [6.07, 6.45) is 5.46. The third kappa shape index (κ3) is 5.11. The van der Waals surface area contributed by atoms with Crippen molar-refractivity contribution < 1.29 is 4.79 Å². The summed E-state index contributed by atoms with van der Waals surface area (Å²) in [5.74, 6) is 0.234. The molecule has 0 unspecified atom stereocenters. The van der Waals surface area contributed by atoms with Gasteiger partial charge in [0.1, 0.15) is 5.04 Å². The predicted octanol–water partition coefficient (Wildman–Crippen LogP) is 6.34. The van der Waals surface area contributed by atoms with Gasteiger partial charge in [0.05, 0.1) is 11.5 Å². The van der Waals surface area contributed by atoms with Crippen LogP contribution in [0.5, 0.6) is 0 Å². The van der Waals surface area contributed by atoms with Crippen molar-refractivity contribution in [1.82, 2.24) is 0 Å². The van der Waals surface area contributed by atoms with Crippen molar-refractivity contribution in [2.24, 2.45) is 9.98 Å². The summed E-state index contributed by atoms with van der Waals surface area (Å²) in [6, 6.07) is 15.2. The van der Waals surface area contributed by atoms with Crippen molar-refractivity contribution in [3.8, 4) is 0 Å². The number of hydrogen-bond acceptors (Lipinski definition) is 4. The summed E-state index contributed by atoms with van der Waals surface area (Å²) in [5.41, 5.74) is 2.31. The summed E-state index contributed by atoms with van der Waals surface area (Å²) >= 11 is 10.9. The second-order valence-electron chi connectivity index (χ2n) is 7.27. The van der Waals surface area contributed by atoms with Gasteiger partial charge in [0.2, 0.25) is 5.91 Å². The number of amides is 1. The lowest BCUT2D eigenvalue weighted by atomic mass is 9.90. The second kappa shape index (κ2) is 9.02. The molecule has 4 rings (SSSR count). The minimum absolute atomic E-state index is 0.0555. The molecule has 1 fully saturated rings. The fraction of sp³-hybridized carbons (Fsp3) is 0.318. The third-order valence-electron chi connectivity index (χ3n) is 5.07. The molecule has 0 saturated heterocycles. The maximum atomic E-state index is 12.5. The molecule has 0 atom stereocenters. The van der Waals surface area contributed by atoms with E-state index in [0.29, 0.717) is 5.02 Å². The van der Waals surface area contributed by atoms with Gasteiger partial charge < -0.3 is 5.32 Å². The largest absolute Gasteiger partial charge is 0.325 e. The van der Waals surface area contributed by atoms with Crippen LogP contribution in [0.15, 0.2) is 63.0 Å². The molecule has 7 heteroatoms. The smallest absolute Gasteiger partial charge is 0.234 e. The Morgan fingerprint density at radius 2 is 1.72 bits per heavy atom. The van der Waals surface area contributed by atoms with Crippen LogP contribution in [0, 0.1) is 0 Å². The average Bonchev–Trinajstić information content (AvgIpc) is 3.07. The number of carbonyl (C=O) groups excluding carboxylic acids is 1. The summed E-state index contributed by atoms with van der Waals surface area (Å²) in [6.45, 7) is 0. The molecule has 1 aliphatic carbocycles. The molecule has 4 nitrogen and oxygen atoms in total. The van der Waals surface area contributed by atoms with Crippen LogP contribution >= 0.6 is 39.3 Å². The molecule has 29 heavy (non-hydrogen) atoms. The number of benzene rings is 2. The molecule has 0 bridgehead atoms. The van der Waals surface area contributed by atoms with E-state index in [2.05, 4.69) is 21.2 Å². The van der Waals surface area contributed by atoms with Crippen LogP contribution in [-0.2, 0) is 4.79 Å². The highest BCUT2D eigenvalue weighted by molar-refractivity contribution is 9.10. The van der Waals surface area contributed by atoms with Crippen LogP contribution in [0.3, 0.4) is 0 Å². The zero-order chi connectivity index (χ0) is 20.3. The first kappa shape index (κ1) is 20.6. The van der Waals surface area contributed by atoms with Crippen molar-refractivity contribution in [1.29, 1.82) is 0 Å². The Hall–Kier alpha value is -1.63. The van der Waals surface area contributed by atoms with Gasteiger partial charge in [-0.2, -0.15) is 0 Å². The highest BCUT2D eigenvalue weighted by Crippen LogP contribution is 2.38. The van der Waals surface area contributed by atoms with Crippen LogP contribution < -0.4 is 5.32 Å². The minimum Gasteiger partial charge on any atom is -0.325 e. The first-order valence-electron chi connectivity index (χ1n) is 9.67. The van der Waals surface area contributed by atoms with Gasteiger partial charge in [0.15, 0.2) is 5.66 Å². The Morgan fingerprint density at radius 3 is 2.41 bits per heavy atom. The van der Waals surface area contributed by atoms with Gasteiger partial charge in [-0.3, -0.25) is 9.79 Å². The van der Waals surface area contributed by atoms with E-state index in [1.165, 1.54) is 18.2 Å². The summed E-state index contributed by atoms with van der Waals surface area (Å²) in [7, 11) is 0. The molecular formula is C22H21BrClN3OS. The van der Waals surface area contributed by atoms with E-state index in [1.807, 2.05) is 48.5 Å². The predicted molar refractivity (Wildman–Crippen MR) is 126 cm³/mol. The van der Waals surface area contributed by atoms with Gasteiger partial charge in [-0.05, 0) is 62.1 Å². The molecule has 1 heterocycles. The zero-order valence-electron chi connectivity index (χ0n) is 15.8. The van der Waals surface area contributed by atoms with E-state index >= 15 is 0 Å². The highest BCUT2D eigenvalue weighted by atomic mass is 79.9. The van der Waals surface area contributed by atoms with Gasteiger partial charge >= 0.3 is 0 Å². The minimum atomic E-state index is -0.349. The van der Waals surface area contributed by atoms with Gasteiger partial charge in [0, 0.05) is 20.7 Å². The van der Waals surface area contributed by atoms with Crippen molar-refractivity contribution in [2.75, 3.05) is 11.1 Å². The average molecular weight is 491 g/mol. The molecule has 0 radical (unpaired) electrons. The Kier molecular flexibility index (Phi) is 6.42. The maximum Gasteiger partial charge on any atom is 0.234 e. The number of nitrogens with one attached hydrogen (secondary N) is 1. The fourth-order valence-corrected chi connectivity index (χ4v) is 4.89. The monoisotopic (exact) mass is 489 g/mol. The topological polar surface area (TPSA) is 53.8 Å². The molecule has 1 amide bonds. The van der Waals surface area contributed by atoms with Gasteiger partial charge in [0.25, 0.3) is 0 Å². The number of rotatable bonds is 4. The van der Waals surface area contributed by atoms with E-state index in [-0.39, 0.29) is 17.3 Å². The van der Waals surface area contributed by atoms with Gasteiger partial charge in [-0.1, -0.05) is 57.8 Å². The lowest BCUT2D eigenvalue weighted by Gasteiger charge is -2.27. The lowest BCUT2D eigenvalue weighted by Crippen LogP contribution is -2.25. The van der Waals surface area contributed by atoms with Crippen molar-refractivity contribution in [3.05, 3.63) is 63.6 Å². The zero-order valence-corrected chi connectivity index (χ0v) is 19.0. The Morgan fingerprint density at radius 1 is 1.03 bits per heavy atom. The molecular weight excluding hydrogens is 470 g/mol. The summed E-state index contributed by atoms with van der Waals surface area (Å²) in [4.78, 5) is 22.5. The number of halogens is 2. The first-order chi connectivity index (χ1) is 14.0. The number of carbonyl (C=O) groups is 1. The number of nitrogens with zero attached hydrogens (tertiary/aromatic N) is 2. The number of hydrogen-bond donors (Lipinski definition) is 1. The molecule has 150 valence electrons. The normalized spacial score (nSPS) is 17.7. The Balaban J connectivity index is 1.49. The fourth-order valence-electron chi connectivity index (χ4n) is 3.63. The number of aliphatic imine (C=N–C) groups is 2. The van der Waals surface area contributed by atoms with Crippen molar-refractivity contribution >= 4 is 61.6 Å². The molecule has 2 aromatic carbocycles. The molecule has 0 aromatic heterocycles. The van der Waals surface area contributed by atoms with Crippen LogP contribution in [0.4, 0.5) is 5.69 Å². The van der Waals surface area contributed by atoms with Crippen molar-refractivity contribution in [2.45, 2.75) is 37.8 Å². The van der Waals surface area contributed by atoms with Crippen LogP contribution in [-0.4, -0.2) is 28.1 Å². The summed E-state index contributed by atoms with van der Waals surface area (Å²) < 4.78 is 0.979.